The van der Waals surface area contributed by atoms with Crippen LogP contribution in [0, 0.1) is 5.92 Å². The highest BCUT2D eigenvalue weighted by Crippen LogP contribution is 2.31. The van der Waals surface area contributed by atoms with Gasteiger partial charge in [-0.1, -0.05) is 6.08 Å². The second kappa shape index (κ2) is 11.9. The molecule has 0 aromatic carbocycles. The highest BCUT2D eigenvalue weighted by Gasteiger charge is 2.45. The second-order valence-electron chi connectivity index (χ2n) is 11.6. The maximum absolute atomic E-state index is 13.3. The van der Waals surface area contributed by atoms with Crippen LogP contribution >= 0.6 is 11.8 Å². The number of hydrogen-bond acceptors (Lipinski definition) is 8. The van der Waals surface area contributed by atoms with Gasteiger partial charge in [-0.25, -0.2) is 5.06 Å². The Kier molecular flexibility index (Phi) is 10.7. The summed E-state index contributed by atoms with van der Waals surface area (Å²) in [5, 5.41) is 0.887. The van der Waals surface area contributed by atoms with Crippen LogP contribution < -0.4 is 0 Å². The number of likely N-dealkylation sites (tertiary alicyclic amines) is 1. The van der Waals surface area contributed by atoms with Gasteiger partial charge < -0.3 is 9.47 Å². The fourth-order valence-electron chi connectivity index (χ4n) is 3.48. The lowest BCUT2D eigenvalue weighted by Crippen LogP contribution is -2.52. The van der Waals surface area contributed by atoms with E-state index in [1.807, 2.05) is 80.2 Å². The summed E-state index contributed by atoms with van der Waals surface area (Å²) in [5.74, 6) is -0.439. The minimum Gasteiger partial charge on any atom is -0.459 e. The number of carbonyl (C=O) groups is 3. The Morgan fingerprint density at radius 2 is 1.62 bits per heavy atom. The Labute approximate surface area is 209 Å². The minimum absolute atomic E-state index is 0.0422. The molecular weight excluding hydrogens is 456 g/mol. The Morgan fingerprint density at radius 1 is 1.06 bits per heavy atom. The topological polar surface area (TPSA) is 85.4 Å². The van der Waals surface area contributed by atoms with E-state index in [9.17, 15) is 14.4 Å². The summed E-state index contributed by atoms with van der Waals surface area (Å²) < 4.78 is 11.4. The van der Waals surface area contributed by atoms with Crippen molar-refractivity contribution >= 4 is 30.1 Å². The molecule has 1 saturated heterocycles. The van der Waals surface area contributed by atoms with Crippen molar-refractivity contribution in [3.63, 3.8) is 0 Å². The van der Waals surface area contributed by atoms with E-state index < -0.39 is 34.9 Å². The predicted molar refractivity (Wildman–Crippen MR) is 135 cm³/mol. The molecule has 0 bridgehead atoms. The number of esters is 2. The zero-order valence-corrected chi connectivity index (χ0v) is 23.4. The lowest BCUT2D eigenvalue weighted by Gasteiger charge is -2.35. The fraction of sp³-hybridized carbons (Fsp3) is 0.800. The van der Waals surface area contributed by atoms with Crippen LogP contribution in [0.2, 0.25) is 0 Å². The van der Waals surface area contributed by atoms with Crippen LogP contribution in [0.4, 0.5) is 0 Å². The maximum atomic E-state index is 13.3. The average Bonchev–Trinajstić information content (AvgIpc) is 3.07. The molecule has 9 heteroatoms. The highest BCUT2D eigenvalue weighted by atomic mass is 32.2. The molecule has 8 nitrogen and oxygen atoms in total. The summed E-state index contributed by atoms with van der Waals surface area (Å²) in [6.07, 6.45) is 2.97. The summed E-state index contributed by atoms with van der Waals surface area (Å²) >= 11 is 1.38. The van der Waals surface area contributed by atoms with Gasteiger partial charge in [0, 0.05) is 12.3 Å². The summed E-state index contributed by atoms with van der Waals surface area (Å²) in [6.45, 7) is 22.7. The standard InChI is InChI=1S/C25H44N2O6S/c1-12-18-13-19(21(29)31-23(3,4)5)26(14-18)20(22(30)32-24(6,7)8)15-34-17(2)27(16-28)33-25(9,10)11/h12,16-20H,1,13-15H2,2-11H3/t17?,18?,19?,20-/m1/s1. The number of amides is 1. The van der Waals surface area contributed by atoms with Crippen LogP contribution in [0.1, 0.15) is 75.7 Å². The highest BCUT2D eigenvalue weighted by molar-refractivity contribution is 7.99. The summed E-state index contributed by atoms with van der Waals surface area (Å²) in [6, 6.07) is -1.30. The van der Waals surface area contributed by atoms with Crippen LogP contribution in [0.5, 0.6) is 0 Å². The molecule has 0 spiro atoms. The van der Waals surface area contributed by atoms with E-state index in [1.165, 1.54) is 16.8 Å². The smallest absolute Gasteiger partial charge is 0.324 e. The second-order valence-corrected chi connectivity index (χ2v) is 13.0. The van der Waals surface area contributed by atoms with Crippen LogP contribution in [-0.2, 0) is 28.7 Å². The first-order chi connectivity index (χ1) is 15.4. The van der Waals surface area contributed by atoms with Gasteiger partial charge in [0.15, 0.2) is 0 Å². The van der Waals surface area contributed by atoms with Gasteiger partial charge in [-0.05, 0) is 81.6 Å². The zero-order chi connectivity index (χ0) is 26.5. The minimum atomic E-state index is -0.711. The first-order valence-electron chi connectivity index (χ1n) is 11.7. The number of hydrogen-bond donors (Lipinski definition) is 0. The summed E-state index contributed by atoms with van der Waals surface area (Å²) in [5.41, 5.74) is -1.88. The monoisotopic (exact) mass is 500 g/mol. The molecule has 0 aromatic rings. The van der Waals surface area contributed by atoms with Crippen molar-refractivity contribution in [2.45, 2.75) is 110 Å². The molecule has 1 heterocycles. The average molecular weight is 501 g/mol. The van der Waals surface area contributed by atoms with Crippen molar-refractivity contribution in [1.82, 2.24) is 9.96 Å². The van der Waals surface area contributed by atoms with Crippen LogP contribution in [-0.4, -0.2) is 74.9 Å². The molecule has 0 saturated carbocycles. The SMILES string of the molecule is C=CC1CC(C(=O)OC(C)(C)C)N([C@H](CSC(C)N(C=O)OC(C)(C)C)C(=O)OC(C)(C)C)C1. The van der Waals surface area contributed by atoms with Crippen molar-refractivity contribution < 1.29 is 28.7 Å². The van der Waals surface area contributed by atoms with Gasteiger partial charge in [0.1, 0.15) is 28.7 Å². The maximum Gasteiger partial charge on any atom is 0.324 e. The van der Waals surface area contributed by atoms with E-state index in [-0.39, 0.29) is 17.3 Å². The van der Waals surface area contributed by atoms with Crippen LogP contribution in [0.3, 0.4) is 0 Å². The number of hydroxylamine groups is 2. The Bertz CT molecular complexity index is 722. The van der Waals surface area contributed by atoms with E-state index in [1.54, 1.807) is 0 Å². The van der Waals surface area contributed by atoms with Gasteiger partial charge in [0.2, 0.25) is 6.41 Å². The lowest BCUT2D eigenvalue weighted by molar-refractivity contribution is -0.219. The molecule has 1 aliphatic rings. The van der Waals surface area contributed by atoms with Gasteiger partial charge in [0.25, 0.3) is 0 Å². The summed E-state index contributed by atoms with van der Waals surface area (Å²) in [7, 11) is 0. The van der Waals surface area contributed by atoms with Crippen molar-refractivity contribution in [2.75, 3.05) is 12.3 Å². The van der Waals surface area contributed by atoms with Gasteiger partial charge >= 0.3 is 11.9 Å². The van der Waals surface area contributed by atoms with Gasteiger partial charge in [-0.2, -0.15) is 0 Å². The van der Waals surface area contributed by atoms with Crippen LogP contribution in [0.25, 0.3) is 0 Å². The normalized spacial score (nSPS) is 21.5. The van der Waals surface area contributed by atoms with Gasteiger partial charge in [-0.3, -0.25) is 24.1 Å². The number of thioether (sulfide) groups is 1. The first-order valence-corrected chi connectivity index (χ1v) is 12.8. The fourth-order valence-corrected chi connectivity index (χ4v) is 4.51. The Balaban J connectivity index is 3.18. The third-order valence-corrected chi connectivity index (χ3v) is 6.00. The molecule has 34 heavy (non-hydrogen) atoms. The van der Waals surface area contributed by atoms with Gasteiger partial charge in [0.05, 0.1) is 5.60 Å². The summed E-state index contributed by atoms with van der Waals surface area (Å²) in [4.78, 5) is 45.6. The number of ether oxygens (including phenoxy) is 2. The van der Waals surface area contributed by atoms with Gasteiger partial charge in [-0.15, -0.1) is 18.3 Å². The molecule has 3 unspecified atom stereocenters. The molecule has 1 amide bonds. The Hall–Kier alpha value is -1.58. The molecule has 196 valence electrons. The van der Waals surface area contributed by atoms with E-state index >= 15 is 0 Å². The molecule has 0 N–H and O–H groups in total. The largest absolute Gasteiger partial charge is 0.459 e. The van der Waals surface area contributed by atoms with Crippen molar-refractivity contribution in [1.29, 1.82) is 0 Å². The van der Waals surface area contributed by atoms with E-state index in [0.717, 1.165) is 0 Å². The molecule has 0 radical (unpaired) electrons. The number of nitrogens with zero attached hydrogens (tertiary/aromatic N) is 2. The first kappa shape index (κ1) is 30.5. The lowest BCUT2D eigenvalue weighted by atomic mass is 10.1. The van der Waals surface area contributed by atoms with E-state index in [0.29, 0.717) is 25.1 Å². The van der Waals surface area contributed by atoms with E-state index in [2.05, 4.69) is 6.58 Å². The molecule has 1 aliphatic heterocycles. The molecule has 0 aromatic heterocycles. The molecule has 4 atom stereocenters. The van der Waals surface area contributed by atoms with E-state index in [4.69, 9.17) is 14.3 Å². The number of carbonyl (C=O) groups excluding carboxylic acids is 3. The van der Waals surface area contributed by atoms with Crippen LogP contribution in [0.15, 0.2) is 12.7 Å². The third-order valence-electron chi connectivity index (χ3n) is 4.80. The predicted octanol–water partition coefficient (Wildman–Crippen LogP) is 4.18. The zero-order valence-electron chi connectivity index (χ0n) is 22.5. The molecule has 0 aliphatic carbocycles. The molecule has 1 fully saturated rings. The Morgan fingerprint density at radius 3 is 2.06 bits per heavy atom. The van der Waals surface area contributed by atoms with Crippen molar-refractivity contribution in [3.05, 3.63) is 12.7 Å². The molecule has 1 rings (SSSR count). The van der Waals surface area contributed by atoms with Crippen molar-refractivity contribution in [2.24, 2.45) is 5.92 Å². The third kappa shape index (κ3) is 10.4. The number of rotatable bonds is 10. The quantitative estimate of drug-likeness (QED) is 0.145. The van der Waals surface area contributed by atoms with Crippen molar-refractivity contribution in [3.8, 4) is 0 Å². The molecular formula is C25H44N2O6S.